The van der Waals surface area contributed by atoms with Crippen LogP contribution in [0.3, 0.4) is 0 Å². The van der Waals surface area contributed by atoms with Gasteiger partial charge in [0, 0.05) is 24.7 Å². The highest BCUT2D eigenvalue weighted by atomic mass is 16.4. The average Bonchev–Trinajstić information content (AvgIpc) is 3.27. The molecule has 0 aliphatic heterocycles. The van der Waals surface area contributed by atoms with E-state index in [9.17, 15) is 33.6 Å². The van der Waals surface area contributed by atoms with E-state index in [2.05, 4.69) is 20.6 Å². The number of carboxylic acids is 3. The smallest absolute Gasteiger partial charge is 0.326 e. The number of primary amides is 1. The predicted molar refractivity (Wildman–Crippen MR) is 117 cm³/mol. The molecule has 0 fully saturated rings. The lowest BCUT2D eigenvalue weighted by Crippen LogP contribution is -2.57. The Morgan fingerprint density at radius 2 is 1.39 bits per heavy atom. The van der Waals surface area contributed by atoms with Crippen LogP contribution in [-0.2, 0) is 40.0 Å². The topological polar surface area (TPSA) is 297 Å². The van der Waals surface area contributed by atoms with Crippen LogP contribution in [0.4, 0.5) is 0 Å². The van der Waals surface area contributed by atoms with Crippen LogP contribution >= 0.6 is 0 Å². The zero-order chi connectivity index (χ0) is 27.4. The molecule has 1 aromatic rings. The van der Waals surface area contributed by atoms with E-state index in [1.807, 2.05) is 5.32 Å². The molecular formula is C19H27N7O10. The summed E-state index contributed by atoms with van der Waals surface area (Å²) in [5.41, 5.74) is 11.3. The number of carbonyl (C=O) groups excluding carboxylic acids is 4. The van der Waals surface area contributed by atoms with Crippen LogP contribution in [0.1, 0.15) is 31.4 Å². The number of imidazole rings is 1. The third kappa shape index (κ3) is 10.6. The SMILES string of the molecule is NC(=O)CCC(NC(=O)C(CC(=O)O)NC(=O)C(N)Cc1cnc[nH]1)C(=O)NC(CC(=O)O)C(=O)O. The van der Waals surface area contributed by atoms with E-state index in [0.29, 0.717) is 5.69 Å². The molecule has 1 heterocycles. The van der Waals surface area contributed by atoms with Crippen molar-refractivity contribution in [1.29, 1.82) is 0 Å². The van der Waals surface area contributed by atoms with E-state index in [0.717, 1.165) is 0 Å². The molecule has 36 heavy (non-hydrogen) atoms. The maximum atomic E-state index is 12.8. The molecule has 0 radical (unpaired) electrons. The molecule has 4 atom stereocenters. The van der Waals surface area contributed by atoms with Crippen molar-refractivity contribution in [3.8, 4) is 0 Å². The van der Waals surface area contributed by atoms with E-state index in [-0.39, 0.29) is 6.42 Å². The van der Waals surface area contributed by atoms with Gasteiger partial charge in [-0.15, -0.1) is 0 Å². The molecule has 0 spiro atoms. The van der Waals surface area contributed by atoms with Crippen LogP contribution in [0.5, 0.6) is 0 Å². The lowest BCUT2D eigenvalue weighted by Gasteiger charge is -2.24. The summed E-state index contributed by atoms with van der Waals surface area (Å²) in [5, 5.41) is 33.3. The fraction of sp³-hybridized carbons (Fsp3) is 0.474. The molecule has 0 aromatic carbocycles. The molecule has 17 heteroatoms. The number of amides is 4. The van der Waals surface area contributed by atoms with E-state index in [4.69, 9.17) is 26.8 Å². The van der Waals surface area contributed by atoms with Gasteiger partial charge >= 0.3 is 17.9 Å². The van der Waals surface area contributed by atoms with Crippen LogP contribution in [-0.4, -0.2) is 91.0 Å². The van der Waals surface area contributed by atoms with Gasteiger partial charge in [-0.3, -0.25) is 28.8 Å². The molecule has 11 N–H and O–H groups in total. The van der Waals surface area contributed by atoms with Crippen LogP contribution < -0.4 is 27.4 Å². The zero-order valence-electron chi connectivity index (χ0n) is 18.8. The number of nitrogens with one attached hydrogen (secondary N) is 4. The van der Waals surface area contributed by atoms with Crippen LogP contribution in [0.2, 0.25) is 0 Å². The van der Waals surface area contributed by atoms with E-state index in [1.165, 1.54) is 12.5 Å². The third-order valence-corrected chi connectivity index (χ3v) is 4.65. The molecule has 1 aromatic heterocycles. The molecule has 4 unspecified atom stereocenters. The van der Waals surface area contributed by atoms with Crippen LogP contribution in [0.25, 0.3) is 0 Å². The fourth-order valence-corrected chi connectivity index (χ4v) is 2.86. The highest BCUT2D eigenvalue weighted by Crippen LogP contribution is 2.04. The molecule has 0 aliphatic carbocycles. The average molecular weight is 513 g/mol. The van der Waals surface area contributed by atoms with Crippen molar-refractivity contribution in [2.24, 2.45) is 11.5 Å². The monoisotopic (exact) mass is 513 g/mol. The Bertz CT molecular complexity index is 981. The minimum absolute atomic E-state index is 0.0168. The summed E-state index contributed by atoms with van der Waals surface area (Å²) in [6.45, 7) is 0. The minimum Gasteiger partial charge on any atom is -0.481 e. The number of carbonyl (C=O) groups is 7. The number of nitrogens with zero attached hydrogens (tertiary/aromatic N) is 1. The van der Waals surface area contributed by atoms with Gasteiger partial charge in [-0.05, 0) is 6.42 Å². The first-order valence-electron chi connectivity index (χ1n) is 10.4. The van der Waals surface area contributed by atoms with E-state index < -0.39 is 91.4 Å². The molecule has 0 saturated carbocycles. The number of H-pyrrole nitrogens is 1. The van der Waals surface area contributed by atoms with Crippen molar-refractivity contribution in [3.63, 3.8) is 0 Å². The summed E-state index contributed by atoms with van der Waals surface area (Å²) in [4.78, 5) is 88.7. The molecule has 0 aliphatic rings. The molecule has 4 amide bonds. The molecular weight excluding hydrogens is 486 g/mol. The summed E-state index contributed by atoms with van der Waals surface area (Å²) < 4.78 is 0. The van der Waals surface area contributed by atoms with Crippen LogP contribution in [0, 0.1) is 0 Å². The van der Waals surface area contributed by atoms with Crippen molar-refractivity contribution in [3.05, 3.63) is 18.2 Å². The quantitative estimate of drug-likeness (QED) is 0.102. The molecule has 0 saturated heterocycles. The predicted octanol–water partition coefficient (Wildman–Crippen LogP) is -3.97. The second-order valence-electron chi connectivity index (χ2n) is 7.61. The lowest BCUT2D eigenvalue weighted by molar-refractivity contribution is -0.147. The number of aliphatic carboxylic acids is 3. The Morgan fingerprint density at radius 1 is 0.861 bits per heavy atom. The Labute approximate surface area is 203 Å². The summed E-state index contributed by atoms with van der Waals surface area (Å²) >= 11 is 0. The zero-order valence-corrected chi connectivity index (χ0v) is 18.8. The largest absolute Gasteiger partial charge is 0.481 e. The summed E-state index contributed by atoms with van der Waals surface area (Å²) in [6.07, 6.45) is -0.0240. The van der Waals surface area contributed by atoms with Crippen molar-refractivity contribution in [2.75, 3.05) is 0 Å². The minimum atomic E-state index is -1.86. The van der Waals surface area contributed by atoms with Crippen molar-refractivity contribution >= 4 is 41.5 Å². The number of hydrogen-bond donors (Lipinski definition) is 9. The number of nitrogens with two attached hydrogens (primary N) is 2. The number of rotatable bonds is 16. The van der Waals surface area contributed by atoms with Gasteiger partial charge < -0.3 is 47.7 Å². The van der Waals surface area contributed by atoms with Gasteiger partial charge in [0.15, 0.2) is 0 Å². The number of hydrogen-bond acceptors (Lipinski definition) is 9. The van der Waals surface area contributed by atoms with Gasteiger partial charge in [-0.25, -0.2) is 9.78 Å². The first-order chi connectivity index (χ1) is 16.8. The standard InChI is InChI=1S/C19H27N7O10/c20-9(3-8-6-22-7-23-8)16(32)25-11(4-14(28)29)18(34)24-10(1-2-13(21)27)17(33)26-12(19(35)36)5-15(30)31/h6-7,9-12H,1-5,20H2,(H2,21,27)(H,22,23)(H,24,34)(H,25,32)(H,26,33)(H,28,29)(H,30,31)(H,35,36). The molecule has 0 bridgehead atoms. The summed E-state index contributed by atoms with van der Waals surface area (Å²) in [7, 11) is 0. The molecule has 198 valence electrons. The summed E-state index contributed by atoms with van der Waals surface area (Å²) in [5.74, 6) is -8.78. The van der Waals surface area contributed by atoms with Gasteiger partial charge in [0.2, 0.25) is 23.6 Å². The van der Waals surface area contributed by atoms with Crippen molar-refractivity contribution in [1.82, 2.24) is 25.9 Å². The fourth-order valence-electron chi connectivity index (χ4n) is 2.86. The maximum absolute atomic E-state index is 12.8. The first-order valence-corrected chi connectivity index (χ1v) is 10.4. The lowest BCUT2D eigenvalue weighted by atomic mass is 10.1. The van der Waals surface area contributed by atoms with Crippen molar-refractivity contribution < 1.29 is 48.9 Å². The highest BCUT2D eigenvalue weighted by molar-refractivity contribution is 5.96. The number of aromatic amines is 1. The number of carboxylic acid groups (broad SMARTS) is 3. The Balaban J connectivity index is 2.99. The van der Waals surface area contributed by atoms with E-state index >= 15 is 0 Å². The first kappa shape index (κ1) is 29.5. The Morgan fingerprint density at radius 3 is 1.89 bits per heavy atom. The van der Waals surface area contributed by atoms with Crippen molar-refractivity contribution in [2.45, 2.75) is 56.3 Å². The second kappa shape index (κ2) is 14.0. The van der Waals surface area contributed by atoms with Gasteiger partial charge in [0.05, 0.1) is 25.2 Å². The number of aromatic nitrogens is 2. The maximum Gasteiger partial charge on any atom is 0.326 e. The Hall–Kier alpha value is -4.54. The van der Waals surface area contributed by atoms with Gasteiger partial charge in [-0.1, -0.05) is 0 Å². The second-order valence-corrected chi connectivity index (χ2v) is 7.61. The van der Waals surface area contributed by atoms with E-state index in [1.54, 1.807) is 0 Å². The third-order valence-electron chi connectivity index (χ3n) is 4.65. The summed E-state index contributed by atoms with van der Waals surface area (Å²) in [6, 6.07) is -6.39. The normalized spacial score (nSPS) is 13.9. The Kier molecular flexibility index (Phi) is 11.5. The molecule has 1 rings (SSSR count). The van der Waals surface area contributed by atoms with Crippen LogP contribution in [0.15, 0.2) is 12.5 Å². The van der Waals surface area contributed by atoms with Gasteiger partial charge in [0.25, 0.3) is 0 Å². The molecule has 17 nitrogen and oxygen atoms in total. The van der Waals surface area contributed by atoms with Gasteiger partial charge in [-0.2, -0.15) is 0 Å². The van der Waals surface area contributed by atoms with Gasteiger partial charge in [0.1, 0.15) is 18.1 Å². The highest BCUT2D eigenvalue weighted by Gasteiger charge is 2.32.